The zero-order chi connectivity index (χ0) is 14.4. The van der Waals surface area contributed by atoms with Crippen LogP contribution >= 0.6 is 0 Å². The number of hydrogen-bond acceptors (Lipinski definition) is 5. The van der Waals surface area contributed by atoms with E-state index in [1.807, 2.05) is 4.90 Å². The van der Waals surface area contributed by atoms with Gasteiger partial charge in [0.1, 0.15) is 0 Å². The van der Waals surface area contributed by atoms with Gasteiger partial charge in [-0.1, -0.05) is 13.8 Å². The molecule has 1 saturated heterocycles. The van der Waals surface area contributed by atoms with E-state index in [9.17, 15) is 9.59 Å². The van der Waals surface area contributed by atoms with Gasteiger partial charge in [0, 0.05) is 26.2 Å². The van der Waals surface area contributed by atoms with Crippen LogP contribution in [0.1, 0.15) is 20.3 Å². The molecule has 1 aliphatic rings. The Morgan fingerprint density at radius 1 is 1.21 bits per heavy atom. The van der Waals surface area contributed by atoms with Crippen LogP contribution in [-0.2, 0) is 14.3 Å². The molecule has 0 bridgehead atoms. The Balaban J connectivity index is 2.36. The van der Waals surface area contributed by atoms with Crippen LogP contribution in [0.4, 0.5) is 0 Å². The molecule has 1 fully saturated rings. The molecule has 0 spiro atoms. The van der Waals surface area contributed by atoms with E-state index in [0.717, 1.165) is 0 Å². The number of piperazine rings is 1. The van der Waals surface area contributed by atoms with Crippen LogP contribution in [0.2, 0.25) is 0 Å². The molecule has 19 heavy (non-hydrogen) atoms. The smallest absolute Gasteiger partial charge is 0.319 e. The van der Waals surface area contributed by atoms with Crippen LogP contribution < -0.4 is 5.73 Å². The first kappa shape index (κ1) is 15.9. The number of rotatable bonds is 5. The average Bonchev–Trinajstić information content (AvgIpc) is 2.37. The van der Waals surface area contributed by atoms with Crippen LogP contribution in [-0.4, -0.2) is 67.6 Å². The molecule has 2 N–H and O–H groups in total. The van der Waals surface area contributed by atoms with E-state index < -0.39 is 6.04 Å². The monoisotopic (exact) mass is 271 g/mol. The highest BCUT2D eigenvalue weighted by atomic mass is 16.5. The molecule has 0 aromatic rings. The first-order valence-corrected chi connectivity index (χ1v) is 6.77. The van der Waals surface area contributed by atoms with E-state index in [0.29, 0.717) is 38.5 Å². The first-order chi connectivity index (χ1) is 8.93. The summed E-state index contributed by atoms with van der Waals surface area (Å²) in [6.07, 6.45) is 0.710. The predicted octanol–water partition coefficient (Wildman–Crippen LogP) is -0.323. The molecule has 6 heteroatoms. The van der Waals surface area contributed by atoms with Crippen molar-refractivity contribution in [3.63, 3.8) is 0 Å². The Morgan fingerprint density at radius 2 is 1.79 bits per heavy atom. The maximum atomic E-state index is 12.1. The number of amides is 1. The lowest BCUT2D eigenvalue weighted by atomic mass is 10.0. The van der Waals surface area contributed by atoms with Crippen molar-refractivity contribution in [2.24, 2.45) is 11.7 Å². The molecule has 0 unspecified atom stereocenters. The molecule has 6 nitrogen and oxygen atoms in total. The molecule has 1 atom stereocenters. The molecular formula is C13H25N3O3. The van der Waals surface area contributed by atoms with E-state index in [2.05, 4.69) is 18.6 Å². The number of methoxy groups -OCH3 is 1. The summed E-state index contributed by atoms with van der Waals surface area (Å²) in [5.74, 6) is 0.197. The lowest BCUT2D eigenvalue weighted by Crippen LogP contribution is -2.54. The van der Waals surface area contributed by atoms with Gasteiger partial charge in [-0.25, -0.2) is 0 Å². The Hall–Kier alpha value is -1.14. The second-order valence-electron chi connectivity index (χ2n) is 5.41. The van der Waals surface area contributed by atoms with Crippen molar-refractivity contribution in [2.45, 2.75) is 26.3 Å². The zero-order valence-corrected chi connectivity index (χ0v) is 12.1. The molecule has 0 radical (unpaired) electrons. The summed E-state index contributed by atoms with van der Waals surface area (Å²) in [4.78, 5) is 27.1. The molecule has 110 valence electrons. The third kappa shape index (κ3) is 5.16. The maximum absolute atomic E-state index is 12.1. The summed E-state index contributed by atoms with van der Waals surface area (Å²) < 4.78 is 4.63. The highest BCUT2D eigenvalue weighted by molar-refractivity contribution is 5.81. The van der Waals surface area contributed by atoms with E-state index in [1.54, 1.807) is 4.90 Å². The fourth-order valence-electron chi connectivity index (χ4n) is 2.22. The molecular weight excluding hydrogens is 246 g/mol. The highest BCUT2D eigenvalue weighted by Crippen LogP contribution is 2.08. The topological polar surface area (TPSA) is 75.9 Å². The molecule has 0 saturated carbocycles. The average molecular weight is 271 g/mol. The summed E-state index contributed by atoms with van der Waals surface area (Å²) in [6.45, 7) is 7.03. The fourth-order valence-corrected chi connectivity index (χ4v) is 2.22. The third-order valence-electron chi connectivity index (χ3n) is 3.31. The number of nitrogens with two attached hydrogens (primary N) is 1. The van der Waals surface area contributed by atoms with Crippen molar-refractivity contribution in [2.75, 3.05) is 39.8 Å². The minimum absolute atomic E-state index is 0.0198. The number of hydrogen-bond donors (Lipinski definition) is 1. The van der Waals surface area contributed by atoms with Crippen LogP contribution in [0.15, 0.2) is 0 Å². The third-order valence-corrected chi connectivity index (χ3v) is 3.31. The predicted molar refractivity (Wildman–Crippen MR) is 72.5 cm³/mol. The Bertz CT molecular complexity index is 312. The van der Waals surface area contributed by atoms with Gasteiger partial charge >= 0.3 is 5.97 Å². The summed E-state index contributed by atoms with van der Waals surface area (Å²) >= 11 is 0. The first-order valence-electron chi connectivity index (χ1n) is 6.77. The van der Waals surface area contributed by atoms with Gasteiger partial charge in [0.15, 0.2) is 0 Å². The van der Waals surface area contributed by atoms with Gasteiger partial charge in [0.05, 0.1) is 19.7 Å². The van der Waals surface area contributed by atoms with Gasteiger partial charge in [-0.3, -0.25) is 14.5 Å². The standard InChI is InChI=1S/C13H25N3O3/c1-10(2)8-11(14)13(18)16-6-4-15(5-7-16)9-12(17)19-3/h10-11H,4-9,14H2,1-3H3/t11-/m0/s1. The van der Waals surface area contributed by atoms with Crippen molar-refractivity contribution in [3.8, 4) is 0 Å². The normalized spacial score (nSPS) is 18.5. The van der Waals surface area contributed by atoms with Gasteiger partial charge in [-0.05, 0) is 12.3 Å². The van der Waals surface area contributed by atoms with Crippen molar-refractivity contribution in [1.82, 2.24) is 9.80 Å². The van der Waals surface area contributed by atoms with Gasteiger partial charge in [-0.2, -0.15) is 0 Å². The summed E-state index contributed by atoms with van der Waals surface area (Å²) in [5, 5.41) is 0. The largest absolute Gasteiger partial charge is 0.468 e. The van der Waals surface area contributed by atoms with E-state index in [1.165, 1.54) is 7.11 Å². The Labute approximate surface area is 114 Å². The minimum Gasteiger partial charge on any atom is -0.468 e. The van der Waals surface area contributed by atoms with E-state index in [-0.39, 0.29) is 18.4 Å². The van der Waals surface area contributed by atoms with Gasteiger partial charge in [0.25, 0.3) is 0 Å². The van der Waals surface area contributed by atoms with Crippen LogP contribution in [0, 0.1) is 5.92 Å². The Kier molecular flexibility index (Phi) is 6.24. The summed E-state index contributed by atoms with van der Waals surface area (Å²) in [5.41, 5.74) is 5.91. The lowest BCUT2D eigenvalue weighted by molar-refractivity contribution is -0.143. The van der Waals surface area contributed by atoms with Crippen LogP contribution in [0.3, 0.4) is 0 Å². The lowest BCUT2D eigenvalue weighted by Gasteiger charge is -2.35. The highest BCUT2D eigenvalue weighted by Gasteiger charge is 2.26. The molecule has 0 aromatic heterocycles. The summed E-state index contributed by atoms with van der Waals surface area (Å²) in [6, 6.07) is -0.410. The second-order valence-corrected chi connectivity index (χ2v) is 5.41. The molecule has 1 rings (SSSR count). The molecule has 0 aromatic carbocycles. The molecule has 1 aliphatic heterocycles. The maximum Gasteiger partial charge on any atom is 0.319 e. The quantitative estimate of drug-likeness (QED) is 0.693. The molecule has 1 heterocycles. The van der Waals surface area contributed by atoms with Crippen molar-refractivity contribution < 1.29 is 14.3 Å². The van der Waals surface area contributed by atoms with E-state index in [4.69, 9.17) is 5.73 Å². The number of carbonyl (C=O) groups is 2. The number of ether oxygens (including phenoxy) is 1. The number of esters is 1. The second kappa shape index (κ2) is 7.45. The van der Waals surface area contributed by atoms with Gasteiger partial charge in [-0.15, -0.1) is 0 Å². The van der Waals surface area contributed by atoms with Crippen LogP contribution in [0.25, 0.3) is 0 Å². The molecule has 0 aliphatic carbocycles. The van der Waals surface area contributed by atoms with Gasteiger partial charge in [0.2, 0.25) is 5.91 Å². The fraction of sp³-hybridized carbons (Fsp3) is 0.846. The van der Waals surface area contributed by atoms with E-state index >= 15 is 0 Å². The van der Waals surface area contributed by atoms with Crippen molar-refractivity contribution in [3.05, 3.63) is 0 Å². The summed E-state index contributed by atoms with van der Waals surface area (Å²) in [7, 11) is 1.38. The van der Waals surface area contributed by atoms with Gasteiger partial charge < -0.3 is 15.4 Å². The SMILES string of the molecule is COC(=O)CN1CCN(C(=O)[C@@H](N)CC(C)C)CC1. The number of nitrogens with zero attached hydrogens (tertiary/aromatic N) is 2. The van der Waals surface area contributed by atoms with Crippen molar-refractivity contribution >= 4 is 11.9 Å². The molecule has 1 amide bonds. The zero-order valence-electron chi connectivity index (χ0n) is 12.1. The van der Waals surface area contributed by atoms with Crippen molar-refractivity contribution in [1.29, 1.82) is 0 Å². The van der Waals surface area contributed by atoms with Crippen LogP contribution in [0.5, 0.6) is 0 Å². The number of carbonyl (C=O) groups excluding carboxylic acids is 2. The minimum atomic E-state index is -0.410. The Morgan fingerprint density at radius 3 is 2.26 bits per heavy atom.